The van der Waals surface area contributed by atoms with Gasteiger partial charge in [0.25, 0.3) is 0 Å². The van der Waals surface area contributed by atoms with Crippen LogP contribution in [0.15, 0.2) is 18.2 Å². The number of fused-ring (bicyclic) bond motifs is 5. The molecule has 0 amide bonds. The van der Waals surface area contributed by atoms with Gasteiger partial charge in [0, 0.05) is 0 Å². The van der Waals surface area contributed by atoms with Crippen LogP contribution in [0, 0.1) is 6.92 Å². The normalized spacial score (nSPS) is 35.1. The zero-order valence-electron chi connectivity index (χ0n) is 8.13. The van der Waals surface area contributed by atoms with Crippen molar-refractivity contribution in [1.29, 1.82) is 0 Å². The molecule has 0 aliphatic carbocycles. The first-order valence-corrected chi connectivity index (χ1v) is 4.98. The molecule has 68 valence electrons. The van der Waals surface area contributed by atoms with E-state index in [1.165, 1.54) is 29.5 Å². The summed E-state index contributed by atoms with van der Waals surface area (Å²) < 4.78 is 6.01. The van der Waals surface area contributed by atoms with Crippen LogP contribution in [-0.2, 0) is 10.3 Å². The van der Waals surface area contributed by atoms with Crippen molar-refractivity contribution in [2.45, 2.75) is 38.4 Å². The first kappa shape index (κ1) is 7.57. The van der Waals surface area contributed by atoms with Crippen LogP contribution in [0.4, 0.5) is 0 Å². The highest BCUT2D eigenvalue weighted by Gasteiger charge is 2.47. The minimum Gasteiger partial charge on any atom is -0.363 e. The summed E-state index contributed by atoms with van der Waals surface area (Å²) in [7, 11) is 0. The summed E-state index contributed by atoms with van der Waals surface area (Å²) in [6, 6.07) is 6.55. The fraction of sp³-hybridized carbons (Fsp3) is 0.500. The summed E-state index contributed by atoms with van der Waals surface area (Å²) in [6.07, 6.45) is 2.78. The van der Waals surface area contributed by atoms with Crippen LogP contribution in [0.25, 0.3) is 0 Å². The van der Waals surface area contributed by atoms with Crippen molar-refractivity contribution in [2.24, 2.45) is 0 Å². The van der Waals surface area contributed by atoms with Crippen molar-refractivity contribution < 1.29 is 4.74 Å². The molecule has 0 saturated carbocycles. The molecule has 0 radical (unpaired) electrons. The lowest BCUT2D eigenvalue weighted by Crippen LogP contribution is -2.17. The molecule has 1 aromatic carbocycles. The lowest BCUT2D eigenvalue weighted by Gasteiger charge is -2.21. The van der Waals surface area contributed by atoms with Crippen LogP contribution in [0.2, 0.25) is 0 Å². The van der Waals surface area contributed by atoms with Crippen molar-refractivity contribution >= 4 is 0 Å². The molecule has 1 saturated heterocycles. The third kappa shape index (κ3) is 0.806. The molecular weight excluding hydrogens is 160 g/mol. The summed E-state index contributed by atoms with van der Waals surface area (Å²) in [5.41, 5.74) is 4.33. The maximum absolute atomic E-state index is 6.01. The Morgan fingerprint density at radius 2 is 2.31 bits per heavy atom. The Morgan fingerprint density at radius 3 is 3.08 bits per heavy atom. The highest BCUT2D eigenvalue weighted by molar-refractivity contribution is 5.44. The Hall–Kier alpha value is -0.820. The monoisotopic (exact) mass is 174 g/mol. The number of rotatable bonds is 0. The molecule has 2 bridgehead atoms. The molecule has 3 rings (SSSR count). The number of hydrogen-bond acceptors (Lipinski definition) is 1. The molecule has 0 N–H and O–H groups in total. The molecule has 2 aliphatic rings. The number of benzene rings is 1. The van der Waals surface area contributed by atoms with E-state index in [1.54, 1.807) is 0 Å². The van der Waals surface area contributed by atoms with E-state index in [2.05, 4.69) is 32.0 Å². The molecule has 2 atom stereocenters. The zero-order valence-corrected chi connectivity index (χ0v) is 8.13. The Labute approximate surface area is 78.7 Å². The second-order valence-electron chi connectivity index (χ2n) is 4.41. The van der Waals surface area contributed by atoms with Gasteiger partial charge in [-0.1, -0.05) is 18.2 Å². The van der Waals surface area contributed by atoms with Gasteiger partial charge in [-0.3, -0.25) is 0 Å². The average Bonchev–Trinajstić information content (AvgIpc) is 2.59. The highest BCUT2D eigenvalue weighted by atomic mass is 16.5. The predicted molar refractivity (Wildman–Crippen MR) is 51.6 cm³/mol. The summed E-state index contributed by atoms with van der Waals surface area (Å²) in [5.74, 6) is 0. The largest absolute Gasteiger partial charge is 0.363 e. The van der Waals surface area contributed by atoms with E-state index >= 15 is 0 Å². The first-order valence-electron chi connectivity index (χ1n) is 4.98. The molecule has 1 nitrogen and oxygen atoms in total. The van der Waals surface area contributed by atoms with Crippen molar-refractivity contribution in [2.75, 3.05) is 0 Å². The van der Waals surface area contributed by atoms with Crippen LogP contribution >= 0.6 is 0 Å². The van der Waals surface area contributed by atoms with Crippen molar-refractivity contribution in [3.63, 3.8) is 0 Å². The Bertz CT molecular complexity index is 369. The lowest BCUT2D eigenvalue weighted by atomic mass is 9.82. The van der Waals surface area contributed by atoms with Gasteiger partial charge in [-0.05, 0) is 43.4 Å². The number of aryl methyl sites for hydroxylation is 1. The second-order valence-corrected chi connectivity index (χ2v) is 4.41. The fourth-order valence-electron chi connectivity index (χ4n) is 2.81. The third-order valence-electron chi connectivity index (χ3n) is 3.50. The van der Waals surface area contributed by atoms with Crippen molar-refractivity contribution in [3.05, 3.63) is 34.9 Å². The van der Waals surface area contributed by atoms with Crippen LogP contribution in [0.5, 0.6) is 0 Å². The van der Waals surface area contributed by atoms with E-state index in [1.807, 2.05) is 0 Å². The predicted octanol–water partition coefficient (Wildman–Crippen LogP) is 3.08. The van der Waals surface area contributed by atoms with Gasteiger partial charge in [0.1, 0.15) is 0 Å². The maximum Gasteiger partial charge on any atom is 0.0916 e. The number of ether oxygens (including phenoxy) is 1. The molecule has 1 fully saturated rings. The van der Waals surface area contributed by atoms with Crippen LogP contribution in [-0.4, -0.2) is 0 Å². The molecule has 13 heavy (non-hydrogen) atoms. The Kier molecular flexibility index (Phi) is 1.26. The second kappa shape index (κ2) is 2.16. The summed E-state index contributed by atoms with van der Waals surface area (Å²) in [6.45, 7) is 4.41. The Balaban J connectivity index is 2.30. The first-order chi connectivity index (χ1) is 6.21. The molecular formula is C12H14O. The van der Waals surface area contributed by atoms with Gasteiger partial charge in [-0.2, -0.15) is 0 Å². The van der Waals surface area contributed by atoms with Gasteiger partial charge < -0.3 is 4.74 Å². The van der Waals surface area contributed by atoms with Gasteiger partial charge in [0.05, 0.1) is 11.7 Å². The van der Waals surface area contributed by atoms with Crippen molar-refractivity contribution in [1.82, 2.24) is 0 Å². The SMILES string of the molecule is Cc1cccc2c1[C@@H]1CC[C@]2(C)O1. The molecule has 0 unspecified atom stereocenters. The fourth-order valence-corrected chi connectivity index (χ4v) is 2.81. The van der Waals surface area contributed by atoms with E-state index in [0.717, 1.165) is 0 Å². The summed E-state index contributed by atoms with van der Waals surface area (Å²) in [4.78, 5) is 0. The molecule has 1 aromatic rings. The van der Waals surface area contributed by atoms with Gasteiger partial charge in [0.2, 0.25) is 0 Å². The quantitative estimate of drug-likeness (QED) is 0.587. The molecule has 2 heterocycles. The van der Waals surface area contributed by atoms with Crippen LogP contribution in [0.3, 0.4) is 0 Å². The highest BCUT2D eigenvalue weighted by Crippen LogP contribution is 2.55. The van der Waals surface area contributed by atoms with E-state index in [9.17, 15) is 0 Å². The minimum atomic E-state index is 0.0337. The van der Waals surface area contributed by atoms with Gasteiger partial charge in [0.15, 0.2) is 0 Å². The topological polar surface area (TPSA) is 9.23 Å². The zero-order chi connectivity index (χ0) is 9.05. The lowest BCUT2D eigenvalue weighted by molar-refractivity contribution is -0.00709. The Morgan fingerprint density at radius 1 is 1.46 bits per heavy atom. The van der Waals surface area contributed by atoms with Crippen LogP contribution in [0.1, 0.15) is 42.6 Å². The van der Waals surface area contributed by atoms with E-state index < -0.39 is 0 Å². The smallest absolute Gasteiger partial charge is 0.0916 e. The van der Waals surface area contributed by atoms with Gasteiger partial charge in [-0.25, -0.2) is 0 Å². The van der Waals surface area contributed by atoms with E-state index in [4.69, 9.17) is 4.74 Å². The maximum atomic E-state index is 6.01. The van der Waals surface area contributed by atoms with Crippen LogP contribution < -0.4 is 0 Å². The summed E-state index contributed by atoms with van der Waals surface area (Å²) >= 11 is 0. The summed E-state index contributed by atoms with van der Waals surface area (Å²) in [5, 5.41) is 0. The van der Waals surface area contributed by atoms with Gasteiger partial charge in [-0.15, -0.1) is 0 Å². The molecule has 0 aromatic heterocycles. The molecule has 2 aliphatic heterocycles. The van der Waals surface area contributed by atoms with E-state index in [-0.39, 0.29) is 5.60 Å². The number of hydrogen-bond donors (Lipinski definition) is 0. The minimum absolute atomic E-state index is 0.0337. The molecule has 1 heteroatoms. The van der Waals surface area contributed by atoms with E-state index in [0.29, 0.717) is 6.10 Å². The van der Waals surface area contributed by atoms with Crippen molar-refractivity contribution in [3.8, 4) is 0 Å². The third-order valence-corrected chi connectivity index (χ3v) is 3.50. The average molecular weight is 174 g/mol. The standard InChI is InChI=1S/C12H14O/c1-8-4-3-5-9-11(8)10-6-7-12(9,2)13-10/h3-5,10H,6-7H2,1-2H3/t10-,12-/m0/s1. The molecule has 0 spiro atoms. The van der Waals surface area contributed by atoms with Gasteiger partial charge >= 0.3 is 0 Å².